The largest absolute Gasteiger partial charge is 0.340 e. The predicted octanol–water partition coefficient (Wildman–Crippen LogP) is 6.65. The molecule has 2 heteroatoms. The lowest BCUT2D eigenvalue weighted by Gasteiger charge is -2.13. The van der Waals surface area contributed by atoms with Gasteiger partial charge in [-0.05, 0) is 48.9 Å². The molecule has 0 unspecified atom stereocenters. The summed E-state index contributed by atoms with van der Waals surface area (Å²) in [6.45, 7) is 4.18. The lowest BCUT2D eigenvalue weighted by Crippen LogP contribution is -2.14. The fourth-order valence-corrected chi connectivity index (χ4v) is 3.11. The van der Waals surface area contributed by atoms with Crippen LogP contribution in [0.2, 0.25) is 0 Å². The second kappa shape index (κ2) is 7.46. The Morgan fingerprint density at radius 1 is 0.667 bits per heavy atom. The molecular weight excluding hydrogens is 328 g/mol. The molecule has 0 amide bonds. The van der Waals surface area contributed by atoms with Crippen molar-refractivity contribution in [3.05, 3.63) is 108 Å². The molecule has 4 aromatic carbocycles. The summed E-state index contributed by atoms with van der Waals surface area (Å²) < 4.78 is 0. The summed E-state index contributed by atoms with van der Waals surface area (Å²) in [6.07, 6.45) is 0. The van der Waals surface area contributed by atoms with E-state index in [4.69, 9.17) is 4.99 Å². The molecule has 0 heterocycles. The zero-order valence-electron chi connectivity index (χ0n) is 15.6. The highest BCUT2D eigenvalue weighted by Gasteiger charge is 2.09. The van der Waals surface area contributed by atoms with E-state index < -0.39 is 0 Å². The average molecular weight is 350 g/mol. The third kappa shape index (κ3) is 3.90. The SMILES string of the molecule is Cc1ccc(N=C(Nc2ccc(C)cc2)c2cccc3ccccc23)cc1. The van der Waals surface area contributed by atoms with Gasteiger partial charge in [-0.25, -0.2) is 4.99 Å². The molecule has 0 aromatic heterocycles. The number of aliphatic imine (C=N–C) groups is 1. The molecule has 132 valence electrons. The molecule has 0 aliphatic carbocycles. The number of nitrogens with one attached hydrogen (secondary N) is 1. The number of amidine groups is 1. The molecule has 2 nitrogen and oxygen atoms in total. The van der Waals surface area contributed by atoms with Crippen LogP contribution in [0.1, 0.15) is 16.7 Å². The van der Waals surface area contributed by atoms with Gasteiger partial charge in [0.1, 0.15) is 5.84 Å². The number of rotatable bonds is 3. The Balaban J connectivity index is 1.84. The van der Waals surface area contributed by atoms with E-state index in [-0.39, 0.29) is 0 Å². The van der Waals surface area contributed by atoms with E-state index in [1.54, 1.807) is 0 Å². The van der Waals surface area contributed by atoms with Crippen LogP contribution < -0.4 is 5.32 Å². The summed E-state index contributed by atoms with van der Waals surface area (Å²) in [4.78, 5) is 4.94. The standard InChI is InChI=1S/C25H22N2/c1-18-10-14-21(15-11-18)26-25(27-22-16-12-19(2)13-17-22)24-9-5-7-20-6-3-4-8-23(20)24/h3-17H,1-2H3,(H,26,27). The third-order valence-electron chi connectivity index (χ3n) is 4.63. The fourth-order valence-electron chi connectivity index (χ4n) is 3.11. The number of hydrogen-bond acceptors (Lipinski definition) is 1. The second-order valence-electron chi connectivity index (χ2n) is 6.81. The van der Waals surface area contributed by atoms with Crippen molar-refractivity contribution in [2.75, 3.05) is 5.32 Å². The Morgan fingerprint density at radius 3 is 2.04 bits per heavy atom. The molecule has 1 N–H and O–H groups in total. The molecule has 4 rings (SSSR count). The number of aryl methyl sites for hydroxylation is 2. The maximum Gasteiger partial charge on any atom is 0.138 e. The normalized spacial score (nSPS) is 11.6. The van der Waals surface area contributed by atoms with Gasteiger partial charge in [-0.1, -0.05) is 77.9 Å². The molecule has 0 aliphatic rings. The van der Waals surface area contributed by atoms with E-state index in [1.807, 2.05) is 0 Å². The summed E-state index contributed by atoms with van der Waals surface area (Å²) in [5.41, 5.74) is 5.52. The molecule has 0 aliphatic heterocycles. The minimum Gasteiger partial charge on any atom is -0.340 e. The highest BCUT2D eigenvalue weighted by atomic mass is 15.0. The van der Waals surface area contributed by atoms with Gasteiger partial charge in [0.15, 0.2) is 0 Å². The molecule has 27 heavy (non-hydrogen) atoms. The first kappa shape index (κ1) is 17.0. The van der Waals surface area contributed by atoms with Crippen LogP contribution in [0.5, 0.6) is 0 Å². The smallest absolute Gasteiger partial charge is 0.138 e. The van der Waals surface area contributed by atoms with E-state index in [2.05, 4.69) is 110 Å². The molecule has 0 saturated carbocycles. The average Bonchev–Trinajstić information content (AvgIpc) is 2.70. The first-order valence-corrected chi connectivity index (χ1v) is 9.16. The van der Waals surface area contributed by atoms with Crippen LogP contribution >= 0.6 is 0 Å². The number of hydrogen-bond donors (Lipinski definition) is 1. The van der Waals surface area contributed by atoms with Gasteiger partial charge in [-0.15, -0.1) is 0 Å². The van der Waals surface area contributed by atoms with Crippen LogP contribution in [0.3, 0.4) is 0 Å². The van der Waals surface area contributed by atoms with Gasteiger partial charge >= 0.3 is 0 Å². The Hall–Kier alpha value is -3.39. The van der Waals surface area contributed by atoms with Gasteiger partial charge in [-0.3, -0.25) is 0 Å². The summed E-state index contributed by atoms with van der Waals surface area (Å²) >= 11 is 0. The number of nitrogens with zero attached hydrogens (tertiary/aromatic N) is 1. The Labute approximate surface area is 160 Å². The molecule has 0 bridgehead atoms. The second-order valence-corrected chi connectivity index (χ2v) is 6.81. The van der Waals surface area contributed by atoms with Gasteiger partial charge in [0.25, 0.3) is 0 Å². The summed E-state index contributed by atoms with van der Waals surface area (Å²) in [7, 11) is 0. The van der Waals surface area contributed by atoms with Crippen LogP contribution in [-0.2, 0) is 0 Å². The summed E-state index contributed by atoms with van der Waals surface area (Å²) in [6, 6.07) is 31.4. The van der Waals surface area contributed by atoms with Crippen molar-refractivity contribution >= 4 is 28.0 Å². The van der Waals surface area contributed by atoms with E-state index in [0.29, 0.717) is 0 Å². The van der Waals surface area contributed by atoms with Crippen molar-refractivity contribution in [1.82, 2.24) is 0 Å². The first-order chi connectivity index (χ1) is 13.2. The molecule has 0 spiro atoms. The molecule has 0 atom stereocenters. The van der Waals surface area contributed by atoms with Crippen LogP contribution in [0.25, 0.3) is 10.8 Å². The Bertz CT molecular complexity index is 1090. The van der Waals surface area contributed by atoms with Crippen LogP contribution in [-0.4, -0.2) is 5.84 Å². The van der Waals surface area contributed by atoms with E-state index in [9.17, 15) is 0 Å². The van der Waals surface area contributed by atoms with Crippen molar-refractivity contribution in [3.8, 4) is 0 Å². The minimum atomic E-state index is 0.847. The molecule has 0 radical (unpaired) electrons. The molecule has 0 fully saturated rings. The molecule has 4 aromatic rings. The van der Waals surface area contributed by atoms with Crippen molar-refractivity contribution in [2.45, 2.75) is 13.8 Å². The lowest BCUT2D eigenvalue weighted by atomic mass is 10.0. The van der Waals surface area contributed by atoms with Crippen LogP contribution in [0, 0.1) is 13.8 Å². The van der Waals surface area contributed by atoms with E-state index in [0.717, 1.165) is 22.8 Å². The van der Waals surface area contributed by atoms with Crippen molar-refractivity contribution < 1.29 is 0 Å². The van der Waals surface area contributed by atoms with Crippen molar-refractivity contribution in [2.24, 2.45) is 4.99 Å². The predicted molar refractivity (Wildman–Crippen MR) is 116 cm³/mol. The Morgan fingerprint density at radius 2 is 1.30 bits per heavy atom. The fraction of sp³-hybridized carbons (Fsp3) is 0.0800. The Kier molecular flexibility index (Phi) is 4.71. The molecular formula is C25H22N2. The number of fused-ring (bicyclic) bond motifs is 1. The van der Waals surface area contributed by atoms with Gasteiger partial charge in [0.05, 0.1) is 5.69 Å². The van der Waals surface area contributed by atoms with Gasteiger partial charge in [0.2, 0.25) is 0 Å². The first-order valence-electron chi connectivity index (χ1n) is 9.16. The molecule has 0 saturated heterocycles. The maximum absolute atomic E-state index is 4.94. The zero-order valence-corrected chi connectivity index (χ0v) is 15.6. The van der Waals surface area contributed by atoms with Crippen LogP contribution in [0.4, 0.5) is 11.4 Å². The zero-order chi connectivity index (χ0) is 18.6. The number of benzene rings is 4. The summed E-state index contributed by atoms with van der Waals surface area (Å²) in [5, 5.41) is 5.92. The quantitative estimate of drug-likeness (QED) is 0.325. The van der Waals surface area contributed by atoms with Gasteiger partial charge < -0.3 is 5.32 Å². The lowest BCUT2D eigenvalue weighted by molar-refractivity contribution is 1.42. The maximum atomic E-state index is 4.94. The van der Waals surface area contributed by atoms with Crippen LogP contribution in [0.15, 0.2) is 96.0 Å². The van der Waals surface area contributed by atoms with E-state index >= 15 is 0 Å². The topological polar surface area (TPSA) is 24.4 Å². The van der Waals surface area contributed by atoms with Crippen molar-refractivity contribution in [1.29, 1.82) is 0 Å². The highest BCUT2D eigenvalue weighted by Crippen LogP contribution is 2.23. The van der Waals surface area contributed by atoms with E-state index in [1.165, 1.54) is 21.9 Å². The monoisotopic (exact) mass is 350 g/mol. The van der Waals surface area contributed by atoms with Gasteiger partial charge in [-0.2, -0.15) is 0 Å². The number of anilines is 1. The third-order valence-corrected chi connectivity index (χ3v) is 4.63. The highest BCUT2D eigenvalue weighted by molar-refractivity contribution is 6.16. The van der Waals surface area contributed by atoms with Crippen molar-refractivity contribution in [3.63, 3.8) is 0 Å². The summed E-state index contributed by atoms with van der Waals surface area (Å²) in [5.74, 6) is 0.847. The minimum absolute atomic E-state index is 0.847. The van der Waals surface area contributed by atoms with Gasteiger partial charge in [0, 0.05) is 11.3 Å².